The van der Waals surface area contributed by atoms with E-state index in [2.05, 4.69) is 49.0 Å². The third-order valence-electron chi connectivity index (χ3n) is 3.28. The SMILES string of the molecule is CCNc1cc(N(CC(C)C)C2CC2)nc(CC)n1. The molecule has 4 heteroatoms. The topological polar surface area (TPSA) is 41.0 Å². The van der Waals surface area contributed by atoms with Crippen LogP contribution in [0.2, 0.25) is 0 Å². The standard InChI is InChI=1S/C15H26N4/c1-5-13-17-14(16-6-2)9-15(18-13)19(10-11(3)4)12-7-8-12/h9,11-12H,5-8,10H2,1-4H3,(H,16,17,18). The fourth-order valence-electron chi connectivity index (χ4n) is 2.27. The van der Waals surface area contributed by atoms with Gasteiger partial charge in [0.2, 0.25) is 0 Å². The van der Waals surface area contributed by atoms with E-state index in [1.54, 1.807) is 0 Å². The maximum atomic E-state index is 4.72. The first-order chi connectivity index (χ1) is 9.13. The molecule has 0 aliphatic heterocycles. The number of nitrogens with one attached hydrogen (secondary N) is 1. The van der Waals surface area contributed by atoms with Crippen molar-refractivity contribution in [2.24, 2.45) is 5.92 Å². The highest BCUT2D eigenvalue weighted by Crippen LogP contribution is 2.32. The molecule has 1 saturated carbocycles. The molecule has 0 atom stereocenters. The summed E-state index contributed by atoms with van der Waals surface area (Å²) in [4.78, 5) is 11.7. The summed E-state index contributed by atoms with van der Waals surface area (Å²) in [5.74, 6) is 3.64. The van der Waals surface area contributed by atoms with Crippen LogP contribution < -0.4 is 10.2 Å². The number of aryl methyl sites for hydroxylation is 1. The number of hydrogen-bond acceptors (Lipinski definition) is 4. The van der Waals surface area contributed by atoms with E-state index >= 15 is 0 Å². The number of anilines is 2. The molecule has 1 aromatic heterocycles. The summed E-state index contributed by atoms with van der Waals surface area (Å²) in [5.41, 5.74) is 0. The lowest BCUT2D eigenvalue weighted by Crippen LogP contribution is -2.31. The minimum atomic E-state index is 0.656. The van der Waals surface area contributed by atoms with Gasteiger partial charge in [-0.25, -0.2) is 9.97 Å². The third-order valence-corrected chi connectivity index (χ3v) is 3.28. The van der Waals surface area contributed by atoms with E-state index in [1.165, 1.54) is 12.8 Å². The second-order valence-electron chi connectivity index (χ2n) is 5.69. The predicted molar refractivity (Wildman–Crippen MR) is 80.8 cm³/mol. The Morgan fingerprint density at radius 1 is 1.32 bits per heavy atom. The van der Waals surface area contributed by atoms with Gasteiger partial charge in [0.05, 0.1) is 0 Å². The second-order valence-corrected chi connectivity index (χ2v) is 5.69. The second kappa shape index (κ2) is 6.22. The quantitative estimate of drug-likeness (QED) is 0.820. The Morgan fingerprint density at radius 3 is 2.58 bits per heavy atom. The number of rotatable bonds is 7. The van der Waals surface area contributed by atoms with E-state index in [-0.39, 0.29) is 0 Å². The first-order valence-corrected chi connectivity index (χ1v) is 7.52. The molecule has 1 aliphatic carbocycles. The van der Waals surface area contributed by atoms with Crippen molar-refractivity contribution in [1.82, 2.24) is 9.97 Å². The molecular weight excluding hydrogens is 236 g/mol. The normalized spacial score (nSPS) is 14.8. The highest BCUT2D eigenvalue weighted by atomic mass is 15.2. The first-order valence-electron chi connectivity index (χ1n) is 7.52. The Bertz CT molecular complexity index is 413. The molecule has 1 aromatic rings. The van der Waals surface area contributed by atoms with Crippen molar-refractivity contribution in [1.29, 1.82) is 0 Å². The van der Waals surface area contributed by atoms with Gasteiger partial charge >= 0.3 is 0 Å². The molecule has 0 aromatic carbocycles. The van der Waals surface area contributed by atoms with Gasteiger partial charge in [-0.05, 0) is 25.7 Å². The minimum Gasteiger partial charge on any atom is -0.370 e. The van der Waals surface area contributed by atoms with Gasteiger partial charge in [-0.3, -0.25) is 0 Å². The average Bonchev–Trinajstić information content (AvgIpc) is 3.20. The Hall–Kier alpha value is -1.32. The maximum Gasteiger partial charge on any atom is 0.134 e. The highest BCUT2D eigenvalue weighted by molar-refractivity contribution is 5.51. The van der Waals surface area contributed by atoms with Crippen LogP contribution in [0.3, 0.4) is 0 Å². The van der Waals surface area contributed by atoms with Gasteiger partial charge in [0.1, 0.15) is 17.5 Å². The highest BCUT2D eigenvalue weighted by Gasteiger charge is 2.30. The fourth-order valence-corrected chi connectivity index (χ4v) is 2.27. The van der Waals surface area contributed by atoms with Crippen LogP contribution in [0.5, 0.6) is 0 Å². The average molecular weight is 262 g/mol. The van der Waals surface area contributed by atoms with Crippen molar-refractivity contribution in [2.45, 2.75) is 53.0 Å². The molecule has 0 saturated heterocycles. The van der Waals surface area contributed by atoms with Crippen LogP contribution in [-0.2, 0) is 6.42 Å². The minimum absolute atomic E-state index is 0.656. The molecular formula is C15H26N4. The van der Waals surface area contributed by atoms with Crippen LogP contribution in [0.25, 0.3) is 0 Å². The summed E-state index contributed by atoms with van der Waals surface area (Å²) in [6, 6.07) is 2.79. The molecule has 106 valence electrons. The molecule has 1 N–H and O–H groups in total. The zero-order valence-electron chi connectivity index (χ0n) is 12.6. The maximum absolute atomic E-state index is 4.72. The summed E-state index contributed by atoms with van der Waals surface area (Å²) in [7, 11) is 0. The van der Waals surface area contributed by atoms with Crippen molar-refractivity contribution in [3.8, 4) is 0 Å². The van der Waals surface area contributed by atoms with Crippen molar-refractivity contribution >= 4 is 11.6 Å². The predicted octanol–water partition coefficient (Wildman–Crippen LogP) is 3.10. The smallest absolute Gasteiger partial charge is 0.134 e. The van der Waals surface area contributed by atoms with Crippen LogP contribution in [0.4, 0.5) is 11.6 Å². The van der Waals surface area contributed by atoms with Gasteiger partial charge in [-0.2, -0.15) is 0 Å². The van der Waals surface area contributed by atoms with Crippen LogP contribution in [0.15, 0.2) is 6.07 Å². The van der Waals surface area contributed by atoms with Gasteiger partial charge < -0.3 is 10.2 Å². The van der Waals surface area contributed by atoms with E-state index in [4.69, 9.17) is 4.98 Å². The lowest BCUT2D eigenvalue weighted by atomic mass is 10.2. The van der Waals surface area contributed by atoms with Crippen molar-refractivity contribution in [3.63, 3.8) is 0 Å². The largest absolute Gasteiger partial charge is 0.370 e. The molecule has 19 heavy (non-hydrogen) atoms. The van der Waals surface area contributed by atoms with Crippen molar-refractivity contribution in [2.75, 3.05) is 23.3 Å². The Morgan fingerprint density at radius 2 is 2.05 bits per heavy atom. The van der Waals surface area contributed by atoms with Crippen LogP contribution >= 0.6 is 0 Å². The molecule has 2 rings (SSSR count). The lowest BCUT2D eigenvalue weighted by Gasteiger charge is -2.26. The van der Waals surface area contributed by atoms with Gasteiger partial charge in [0.25, 0.3) is 0 Å². The third kappa shape index (κ3) is 3.82. The molecule has 1 heterocycles. The molecule has 0 amide bonds. The lowest BCUT2D eigenvalue weighted by molar-refractivity contribution is 0.601. The van der Waals surface area contributed by atoms with Crippen LogP contribution in [0, 0.1) is 5.92 Å². The number of nitrogens with zero attached hydrogens (tertiary/aromatic N) is 3. The number of hydrogen-bond donors (Lipinski definition) is 1. The van der Waals surface area contributed by atoms with E-state index in [1.807, 2.05) is 0 Å². The number of aromatic nitrogens is 2. The van der Waals surface area contributed by atoms with Crippen LogP contribution in [0.1, 0.15) is 46.4 Å². The molecule has 1 fully saturated rings. The summed E-state index contributed by atoms with van der Waals surface area (Å²) in [5, 5.41) is 3.31. The molecule has 0 radical (unpaired) electrons. The first kappa shape index (κ1) is 14.1. The van der Waals surface area contributed by atoms with Gasteiger partial charge in [0, 0.05) is 31.6 Å². The molecule has 1 aliphatic rings. The monoisotopic (exact) mass is 262 g/mol. The van der Waals surface area contributed by atoms with E-state index in [0.717, 1.165) is 37.0 Å². The van der Waals surface area contributed by atoms with E-state index < -0.39 is 0 Å². The molecule has 4 nitrogen and oxygen atoms in total. The molecule has 0 unspecified atom stereocenters. The Balaban J connectivity index is 2.26. The molecule has 0 bridgehead atoms. The summed E-state index contributed by atoms with van der Waals surface area (Å²) in [6.45, 7) is 10.7. The van der Waals surface area contributed by atoms with Crippen molar-refractivity contribution in [3.05, 3.63) is 11.9 Å². The summed E-state index contributed by atoms with van der Waals surface area (Å²) < 4.78 is 0. The Labute approximate surface area is 116 Å². The zero-order valence-corrected chi connectivity index (χ0v) is 12.6. The fraction of sp³-hybridized carbons (Fsp3) is 0.733. The summed E-state index contributed by atoms with van der Waals surface area (Å²) in [6.07, 6.45) is 3.48. The van der Waals surface area contributed by atoms with E-state index in [0.29, 0.717) is 12.0 Å². The van der Waals surface area contributed by atoms with Crippen molar-refractivity contribution < 1.29 is 0 Å². The van der Waals surface area contributed by atoms with Gasteiger partial charge in [0.15, 0.2) is 0 Å². The zero-order chi connectivity index (χ0) is 13.8. The summed E-state index contributed by atoms with van der Waals surface area (Å²) >= 11 is 0. The van der Waals surface area contributed by atoms with Gasteiger partial charge in [-0.15, -0.1) is 0 Å². The van der Waals surface area contributed by atoms with E-state index in [9.17, 15) is 0 Å². The van der Waals surface area contributed by atoms with Crippen LogP contribution in [-0.4, -0.2) is 29.1 Å². The van der Waals surface area contributed by atoms with Gasteiger partial charge in [-0.1, -0.05) is 20.8 Å². The Kier molecular flexibility index (Phi) is 4.61. The molecule has 0 spiro atoms.